The topological polar surface area (TPSA) is 73.7 Å². The number of rotatable bonds is 5. The van der Waals surface area contributed by atoms with Gasteiger partial charge >= 0.3 is 5.97 Å². The molecule has 0 aliphatic carbocycles. The molecule has 22 heavy (non-hydrogen) atoms. The SMILES string of the molecule is CCC(CC)C(=O)N1CCN(c2cccc(C(=O)O)n2)CC1. The predicted octanol–water partition coefficient (Wildman–Crippen LogP) is 1.86. The fraction of sp³-hybridized carbons (Fsp3) is 0.562. The van der Waals surface area contributed by atoms with Crippen molar-refractivity contribution in [2.75, 3.05) is 31.1 Å². The molecule has 1 amide bonds. The lowest BCUT2D eigenvalue weighted by Crippen LogP contribution is -2.50. The Labute approximate surface area is 130 Å². The van der Waals surface area contributed by atoms with Crippen molar-refractivity contribution in [2.24, 2.45) is 5.92 Å². The standard InChI is InChI=1S/C16H23N3O3/c1-3-12(4-2)15(20)19-10-8-18(9-11-19)14-7-5-6-13(17-14)16(21)22/h5-7,12H,3-4,8-11H2,1-2H3,(H,21,22). The molecule has 6 nitrogen and oxygen atoms in total. The van der Waals surface area contributed by atoms with E-state index < -0.39 is 5.97 Å². The second kappa shape index (κ2) is 7.24. The van der Waals surface area contributed by atoms with E-state index in [1.165, 1.54) is 6.07 Å². The molecule has 0 spiro atoms. The third kappa shape index (κ3) is 3.55. The highest BCUT2D eigenvalue weighted by Gasteiger charge is 2.26. The highest BCUT2D eigenvalue weighted by molar-refractivity contribution is 5.85. The minimum absolute atomic E-state index is 0.0491. The Morgan fingerprint density at radius 2 is 1.82 bits per heavy atom. The highest BCUT2D eigenvalue weighted by Crippen LogP contribution is 2.17. The molecule has 0 atom stereocenters. The van der Waals surface area contributed by atoms with E-state index in [4.69, 9.17) is 5.11 Å². The molecule has 1 N–H and O–H groups in total. The predicted molar refractivity (Wildman–Crippen MR) is 84.1 cm³/mol. The first-order chi connectivity index (χ1) is 10.6. The van der Waals surface area contributed by atoms with Gasteiger partial charge in [-0.25, -0.2) is 9.78 Å². The molecule has 1 aromatic heterocycles. The average Bonchev–Trinajstić information content (AvgIpc) is 2.56. The molecule has 0 unspecified atom stereocenters. The van der Waals surface area contributed by atoms with Crippen molar-refractivity contribution in [3.05, 3.63) is 23.9 Å². The van der Waals surface area contributed by atoms with Crippen LogP contribution in [0.2, 0.25) is 0 Å². The van der Waals surface area contributed by atoms with E-state index in [0.29, 0.717) is 32.0 Å². The second-order valence-electron chi connectivity index (χ2n) is 5.51. The summed E-state index contributed by atoms with van der Waals surface area (Å²) in [4.78, 5) is 31.4. The van der Waals surface area contributed by atoms with Crippen LogP contribution in [0.5, 0.6) is 0 Å². The zero-order valence-electron chi connectivity index (χ0n) is 13.2. The van der Waals surface area contributed by atoms with E-state index in [-0.39, 0.29) is 17.5 Å². The van der Waals surface area contributed by atoms with E-state index in [1.54, 1.807) is 6.07 Å². The van der Waals surface area contributed by atoms with Crippen molar-refractivity contribution in [3.63, 3.8) is 0 Å². The van der Waals surface area contributed by atoms with Gasteiger partial charge in [-0.1, -0.05) is 19.9 Å². The van der Waals surface area contributed by atoms with Crippen LogP contribution in [0.1, 0.15) is 37.2 Å². The number of anilines is 1. The van der Waals surface area contributed by atoms with Gasteiger partial charge in [-0.15, -0.1) is 0 Å². The quantitative estimate of drug-likeness (QED) is 0.899. The van der Waals surface area contributed by atoms with Crippen molar-refractivity contribution in [1.82, 2.24) is 9.88 Å². The summed E-state index contributed by atoms with van der Waals surface area (Å²) in [5.74, 6) is -0.0177. The number of carboxylic acid groups (broad SMARTS) is 1. The van der Waals surface area contributed by atoms with Crippen molar-refractivity contribution in [2.45, 2.75) is 26.7 Å². The van der Waals surface area contributed by atoms with Crippen LogP contribution >= 0.6 is 0 Å². The third-order valence-electron chi connectivity index (χ3n) is 4.20. The van der Waals surface area contributed by atoms with Crippen molar-refractivity contribution < 1.29 is 14.7 Å². The van der Waals surface area contributed by atoms with Crippen LogP contribution in [-0.4, -0.2) is 53.0 Å². The van der Waals surface area contributed by atoms with Crippen molar-refractivity contribution in [1.29, 1.82) is 0 Å². The maximum absolute atomic E-state index is 12.4. The van der Waals surface area contributed by atoms with E-state index in [2.05, 4.69) is 4.98 Å². The summed E-state index contributed by atoms with van der Waals surface area (Å²) >= 11 is 0. The monoisotopic (exact) mass is 305 g/mol. The molecule has 1 saturated heterocycles. The summed E-state index contributed by atoms with van der Waals surface area (Å²) in [6.45, 7) is 6.78. The fourth-order valence-electron chi connectivity index (χ4n) is 2.77. The van der Waals surface area contributed by atoms with E-state index >= 15 is 0 Å². The van der Waals surface area contributed by atoms with Crippen LogP contribution in [0.15, 0.2) is 18.2 Å². The number of piperazine rings is 1. The summed E-state index contributed by atoms with van der Waals surface area (Å²) in [5.41, 5.74) is 0.0491. The van der Waals surface area contributed by atoms with E-state index in [0.717, 1.165) is 12.8 Å². The third-order valence-corrected chi connectivity index (χ3v) is 4.20. The number of hydrogen-bond donors (Lipinski definition) is 1. The Bertz CT molecular complexity index is 535. The summed E-state index contributed by atoms with van der Waals surface area (Å²) in [6.07, 6.45) is 1.75. The van der Waals surface area contributed by atoms with Gasteiger partial charge in [0, 0.05) is 32.1 Å². The van der Waals surface area contributed by atoms with Gasteiger partial charge in [0.25, 0.3) is 0 Å². The van der Waals surface area contributed by atoms with Gasteiger partial charge in [0.2, 0.25) is 5.91 Å². The number of aromatic carboxylic acids is 1. The Hall–Kier alpha value is -2.11. The Kier molecular flexibility index (Phi) is 5.35. The molecule has 2 heterocycles. The molecular weight excluding hydrogens is 282 g/mol. The molecule has 0 saturated carbocycles. The van der Waals surface area contributed by atoms with Crippen LogP contribution < -0.4 is 4.90 Å². The maximum atomic E-state index is 12.4. The van der Waals surface area contributed by atoms with Crippen LogP contribution in [0.4, 0.5) is 5.82 Å². The summed E-state index contributed by atoms with van der Waals surface area (Å²) in [7, 11) is 0. The van der Waals surface area contributed by atoms with Gasteiger partial charge in [-0.05, 0) is 25.0 Å². The Morgan fingerprint density at radius 1 is 1.18 bits per heavy atom. The van der Waals surface area contributed by atoms with Gasteiger partial charge in [0.1, 0.15) is 5.82 Å². The van der Waals surface area contributed by atoms with E-state index in [1.807, 2.05) is 29.7 Å². The van der Waals surface area contributed by atoms with Gasteiger partial charge in [0.15, 0.2) is 5.69 Å². The molecule has 1 aliphatic rings. The lowest BCUT2D eigenvalue weighted by atomic mass is 10.0. The summed E-state index contributed by atoms with van der Waals surface area (Å²) in [6, 6.07) is 5.00. The fourth-order valence-corrected chi connectivity index (χ4v) is 2.77. The number of aromatic nitrogens is 1. The molecule has 1 aromatic rings. The maximum Gasteiger partial charge on any atom is 0.354 e. The van der Waals surface area contributed by atoms with Crippen LogP contribution in [0.25, 0.3) is 0 Å². The lowest BCUT2D eigenvalue weighted by molar-refractivity contribution is -0.136. The first-order valence-corrected chi connectivity index (χ1v) is 7.80. The zero-order valence-corrected chi connectivity index (χ0v) is 13.2. The number of nitrogens with zero attached hydrogens (tertiary/aromatic N) is 3. The zero-order chi connectivity index (χ0) is 16.1. The van der Waals surface area contributed by atoms with E-state index in [9.17, 15) is 9.59 Å². The molecule has 6 heteroatoms. The molecule has 120 valence electrons. The number of pyridine rings is 1. The second-order valence-corrected chi connectivity index (χ2v) is 5.51. The number of carbonyl (C=O) groups is 2. The molecular formula is C16H23N3O3. The molecule has 1 aliphatic heterocycles. The summed E-state index contributed by atoms with van der Waals surface area (Å²) < 4.78 is 0. The Morgan fingerprint density at radius 3 is 2.36 bits per heavy atom. The van der Waals surface area contributed by atoms with Gasteiger partial charge in [0.05, 0.1) is 0 Å². The normalized spacial score (nSPS) is 15.2. The molecule has 1 fully saturated rings. The Balaban J connectivity index is 1.99. The average molecular weight is 305 g/mol. The number of amides is 1. The number of carbonyl (C=O) groups excluding carboxylic acids is 1. The summed E-state index contributed by atoms with van der Waals surface area (Å²) in [5, 5.41) is 9.00. The highest BCUT2D eigenvalue weighted by atomic mass is 16.4. The lowest BCUT2D eigenvalue weighted by Gasteiger charge is -2.36. The van der Waals surface area contributed by atoms with Gasteiger partial charge < -0.3 is 14.9 Å². The van der Waals surface area contributed by atoms with Gasteiger partial charge in [-0.2, -0.15) is 0 Å². The van der Waals surface area contributed by atoms with Crippen molar-refractivity contribution in [3.8, 4) is 0 Å². The molecule has 0 radical (unpaired) electrons. The number of hydrogen-bond acceptors (Lipinski definition) is 4. The molecule has 2 rings (SSSR count). The minimum Gasteiger partial charge on any atom is -0.477 e. The van der Waals surface area contributed by atoms with Crippen LogP contribution in [-0.2, 0) is 4.79 Å². The first kappa shape index (κ1) is 16.3. The van der Waals surface area contributed by atoms with Crippen LogP contribution in [0.3, 0.4) is 0 Å². The molecule has 0 aromatic carbocycles. The minimum atomic E-state index is -1.02. The van der Waals surface area contributed by atoms with Crippen LogP contribution in [0, 0.1) is 5.92 Å². The largest absolute Gasteiger partial charge is 0.477 e. The number of carboxylic acids is 1. The first-order valence-electron chi connectivity index (χ1n) is 7.80. The smallest absolute Gasteiger partial charge is 0.354 e. The van der Waals surface area contributed by atoms with Crippen molar-refractivity contribution >= 4 is 17.7 Å². The van der Waals surface area contributed by atoms with Gasteiger partial charge in [-0.3, -0.25) is 4.79 Å². The molecule has 0 bridgehead atoms.